The average molecular weight is 265 g/mol. The number of benzene rings is 1. The lowest BCUT2D eigenvalue weighted by Crippen LogP contribution is -2.27. The first kappa shape index (κ1) is 14.2. The van der Waals surface area contributed by atoms with Crippen LogP contribution in [0.15, 0.2) is 12.1 Å². The quantitative estimate of drug-likeness (QED) is 0.888. The molecule has 0 spiro atoms. The molecule has 0 bridgehead atoms. The second-order valence-corrected chi connectivity index (χ2v) is 4.84. The van der Waals surface area contributed by atoms with Crippen LogP contribution in [0.2, 0.25) is 0 Å². The smallest absolute Gasteiger partial charge is 0.124 e. The van der Waals surface area contributed by atoms with Gasteiger partial charge in [0.15, 0.2) is 0 Å². The van der Waals surface area contributed by atoms with Crippen LogP contribution in [0, 0.1) is 0 Å². The number of hydrogen-bond donors (Lipinski definition) is 1. The van der Waals surface area contributed by atoms with Crippen molar-refractivity contribution in [3.8, 4) is 11.5 Å². The molecule has 4 heteroatoms. The van der Waals surface area contributed by atoms with E-state index in [9.17, 15) is 0 Å². The summed E-state index contributed by atoms with van der Waals surface area (Å²) in [7, 11) is 5.09. The fourth-order valence-corrected chi connectivity index (χ4v) is 2.64. The molecule has 2 rings (SSSR count). The molecule has 4 nitrogen and oxygen atoms in total. The molecule has 1 fully saturated rings. The number of nitrogens with one attached hydrogen (secondary N) is 1. The minimum Gasteiger partial charge on any atom is -0.496 e. The normalized spacial score (nSPS) is 19.2. The van der Waals surface area contributed by atoms with E-state index in [1.165, 1.54) is 18.4 Å². The molecule has 1 saturated heterocycles. The van der Waals surface area contributed by atoms with Crippen LogP contribution >= 0.6 is 0 Å². The van der Waals surface area contributed by atoms with Gasteiger partial charge >= 0.3 is 0 Å². The Kier molecular flexibility index (Phi) is 5.05. The van der Waals surface area contributed by atoms with E-state index < -0.39 is 0 Å². The molecule has 1 N–H and O–H groups in total. The molecule has 1 aromatic carbocycles. The molecule has 0 saturated carbocycles. The third-order valence-corrected chi connectivity index (χ3v) is 3.62. The minimum atomic E-state index is 0.356. The van der Waals surface area contributed by atoms with Gasteiger partial charge in [-0.15, -0.1) is 0 Å². The summed E-state index contributed by atoms with van der Waals surface area (Å²) in [4.78, 5) is 0. The van der Waals surface area contributed by atoms with Crippen LogP contribution < -0.4 is 14.8 Å². The van der Waals surface area contributed by atoms with Crippen LogP contribution in [0.1, 0.15) is 36.4 Å². The van der Waals surface area contributed by atoms with E-state index in [0.717, 1.165) is 30.0 Å². The van der Waals surface area contributed by atoms with Crippen LogP contribution in [0.3, 0.4) is 0 Å². The SMILES string of the molecule is COCc1cc(OC)c(C2CCCCN2)cc1OC. The van der Waals surface area contributed by atoms with Gasteiger partial charge in [0.05, 0.1) is 20.8 Å². The van der Waals surface area contributed by atoms with Gasteiger partial charge in [0, 0.05) is 24.3 Å². The van der Waals surface area contributed by atoms with Crippen molar-refractivity contribution < 1.29 is 14.2 Å². The zero-order chi connectivity index (χ0) is 13.7. The van der Waals surface area contributed by atoms with Crippen molar-refractivity contribution in [1.82, 2.24) is 5.32 Å². The number of methoxy groups -OCH3 is 3. The van der Waals surface area contributed by atoms with E-state index in [4.69, 9.17) is 14.2 Å². The minimum absolute atomic E-state index is 0.356. The first-order chi connectivity index (χ1) is 9.30. The van der Waals surface area contributed by atoms with Crippen LogP contribution in [0.4, 0.5) is 0 Å². The second kappa shape index (κ2) is 6.78. The Morgan fingerprint density at radius 2 is 1.89 bits per heavy atom. The van der Waals surface area contributed by atoms with Crippen molar-refractivity contribution in [2.24, 2.45) is 0 Å². The van der Waals surface area contributed by atoms with Crippen molar-refractivity contribution in [2.45, 2.75) is 31.9 Å². The lowest BCUT2D eigenvalue weighted by Gasteiger charge is -2.26. The summed E-state index contributed by atoms with van der Waals surface area (Å²) >= 11 is 0. The Balaban J connectivity index is 2.35. The van der Waals surface area contributed by atoms with E-state index in [1.807, 2.05) is 6.07 Å². The molecule has 1 atom stereocenters. The predicted molar refractivity (Wildman–Crippen MR) is 74.9 cm³/mol. The summed E-state index contributed by atoms with van der Waals surface area (Å²) in [5.74, 6) is 1.78. The number of rotatable bonds is 5. The van der Waals surface area contributed by atoms with Crippen LogP contribution in [0.25, 0.3) is 0 Å². The average Bonchev–Trinajstić information content (AvgIpc) is 2.48. The molecule has 1 aromatic rings. The van der Waals surface area contributed by atoms with Crippen molar-refractivity contribution in [1.29, 1.82) is 0 Å². The number of piperidine rings is 1. The van der Waals surface area contributed by atoms with Gasteiger partial charge in [-0.25, -0.2) is 0 Å². The van der Waals surface area contributed by atoms with Crippen LogP contribution in [0.5, 0.6) is 11.5 Å². The Morgan fingerprint density at radius 3 is 2.47 bits per heavy atom. The van der Waals surface area contributed by atoms with Crippen molar-refractivity contribution >= 4 is 0 Å². The maximum Gasteiger partial charge on any atom is 0.124 e. The molecule has 0 aliphatic carbocycles. The van der Waals surface area contributed by atoms with Crippen molar-refractivity contribution in [3.05, 3.63) is 23.3 Å². The highest BCUT2D eigenvalue weighted by Crippen LogP contribution is 2.36. The molecule has 19 heavy (non-hydrogen) atoms. The maximum atomic E-state index is 5.53. The fraction of sp³-hybridized carbons (Fsp3) is 0.600. The topological polar surface area (TPSA) is 39.7 Å². The van der Waals surface area contributed by atoms with Gasteiger partial charge in [-0.1, -0.05) is 6.42 Å². The number of hydrogen-bond acceptors (Lipinski definition) is 4. The van der Waals surface area contributed by atoms with Crippen molar-refractivity contribution in [2.75, 3.05) is 27.9 Å². The van der Waals surface area contributed by atoms with Gasteiger partial charge in [-0.2, -0.15) is 0 Å². The summed E-state index contributed by atoms with van der Waals surface area (Å²) in [5.41, 5.74) is 2.19. The van der Waals surface area contributed by atoms with E-state index in [0.29, 0.717) is 12.6 Å². The third kappa shape index (κ3) is 3.19. The Hall–Kier alpha value is -1.26. The monoisotopic (exact) mass is 265 g/mol. The van der Waals surface area contributed by atoms with Crippen LogP contribution in [-0.2, 0) is 11.3 Å². The summed E-state index contributed by atoms with van der Waals surface area (Å²) in [6, 6.07) is 4.46. The van der Waals surface area contributed by atoms with Crippen molar-refractivity contribution in [3.63, 3.8) is 0 Å². The Bertz CT molecular complexity index is 414. The highest BCUT2D eigenvalue weighted by atomic mass is 16.5. The van der Waals surface area contributed by atoms with Gasteiger partial charge in [0.1, 0.15) is 11.5 Å². The van der Waals surface area contributed by atoms with Gasteiger partial charge in [0.25, 0.3) is 0 Å². The van der Waals surface area contributed by atoms with E-state index in [2.05, 4.69) is 11.4 Å². The zero-order valence-electron chi connectivity index (χ0n) is 12.0. The van der Waals surface area contributed by atoms with Gasteiger partial charge in [-0.3, -0.25) is 0 Å². The molecule has 1 heterocycles. The fourth-order valence-electron chi connectivity index (χ4n) is 2.64. The molecular weight excluding hydrogens is 242 g/mol. The highest BCUT2D eigenvalue weighted by molar-refractivity contribution is 5.48. The maximum absolute atomic E-state index is 5.53. The molecule has 1 aliphatic rings. The Labute approximate surface area is 115 Å². The highest BCUT2D eigenvalue weighted by Gasteiger charge is 2.21. The van der Waals surface area contributed by atoms with Gasteiger partial charge in [0.2, 0.25) is 0 Å². The van der Waals surface area contributed by atoms with E-state index >= 15 is 0 Å². The molecule has 1 aliphatic heterocycles. The molecule has 0 amide bonds. The predicted octanol–water partition coefficient (Wildman–Crippen LogP) is 2.66. The molecule has 1 unspecified atom stereocenters. The summed E-state index contributed by atoms with van der Waals surface area (Å²) < 4.78 is 16.2. The summed E-state index contributed by atoms with van der Waals surface area (Å²) in [5, 5.41) is 3.55. The summed E-state index contributed by atoms with van der Waals surface area (Å²) in [6.45, 7) is 1.59. The lowest BCUT2D eigenvalue weighted by atomic mass is 9.95. The third-order valence-electron chi connectivity index (χ3n) is 3.62. The molecule has 0 aromatic heterocycles. The second-order valence-electron chi connectivity index (χ2n) is 4.84. The number of ether oxygens (including phenoxy) is 3. The van der Waals surface area contributed by atoms with E-state index in [1.54, 1.807) is 21.3 Å². The summed E-state index contributed by atoms with van der Waals surface area (Å²) in [6.07, 6.45) is 3.64. The van der Waals surface area contributed by atoms with E-state index in [-0.39, 0.29) is 0 Å². The largest absolute Gasteiger partial charge is 0.496 e. The molecule has 106 valence electrons. The lowest BCUT2D eigenvalue weighted by molar-refractivity contribution is 0.181. The first-order valence-corrected chi connectivity index (χ1v) is 6.77. The molecular formula is C15H23NO3. The first-order valence-electron chi connectivity index (χ1n) is 6.77. The van der Waals surface area contributed by atoms with Gasteiger partial charge in [-0.05, 0) is 31.5 Å². The standard InChI is InChI=1S/C15H23NO3/c1-17-10-11-8-15(19-3)12(9-14(11)18-2)13-6-4-5-7-16-13/h8-9,13,16H,4-7,10H2,1-3H3. The zero-order valence-corrected chi connectivity index (χ0v) is 12.0. The van der Waals surface area contributed by atoms with Gasteiger partial charge < -0.3 is 19.5 Å². The Morgan fingerprint density at radius 1 is 1.11 bits per heavy atom. The molecule has 0 radical (unpaired) electrons. The van der Waals surface area contributed by atoms with Crippen LogP contribution in [-0.4, -0.2) is 27.9 Å².